The first kappa shape index (κ1) is 18.1. The lowest BCUT2D eigenvalue weighted by Gasteiger charge is -2.31. The van der Waals surface area contributed by atoms with Crippen LogP contribution in [0.1, 0.15) is 25.5 Å². The van der Waals surface area contributed by atoms with Crippen molar-refractivity contribution in [3.8, 4) is 11.8 Å². The maximum absolute atomic E-state index is 13.2. The zero-order chi connectivity index (χ0) is 19.5. The standard InChI is InChI=1S/C19H22N8O/c1-2-3-9-26-17-16(24-19(26)25-8-4-5-14(20)11-25)10-23-27(18(17)28)12-15-6-7-21-13-22-15/h6-7,10,13-14H,4-5,8-9,11-12,20H2,1H3. The second-order valence-corrected chi connectivity index (χ2v) is 6.81. The summed E-state index contributed by atoms with van der Waals surface area (Å²) in [5.74, 6) is 6.68. The highest BCUT2D eigenvalue weighted by Crippen LogP contribution is 2.23. The largest absolute Gasteiger partial charge is 0.341 e. The molecule has 3 aromatic heterocycles. The molecule has 0 saturated carbocycles. The number of rotatable bonds is 4. The molecule has 0 aliphatic carbocycles. The van der Waals surface area contributed by atoms with Crippen LogP contribution in [0.15, 0.2) is 29.6 Å². The van der Waals surface area contributed by atoms with Gasteiger partial charge in [0.2, 0.25) is 5.95 Å². The molecule has 1 aliphatic heterocycles. The third-order valence-electron chi connectivity index (χ3n) is 4.84. The third kappa shape index (κ3) is 3.46. The third-order valence-corrected chi connectivity index (χ3v) is 4.84. The van der Waals surface area contributed by atoms with E-state index in [2.05, 4.69) is 31.8 Å². The summed E-state index contributed by atoms with van der Waals surface area (Å²) in [6.45, 7) is 4.02. The van der Waals surface area contributed by atoms with E-state index in [-0.39, 0.29) is 18.1 Å². The molecule has 4 rings (SSSR count). The molecule has 1 unspecified atom stereocenters. The molecule has 0 spiro atoms. The molecule has 0 bridgehead atoms. The number of imidazole rings is 1. The molecular weight excluding hydrogens is 356 g/mol. The van der Waals surface area contributed by atoms with Crippen molar-refractivity contribution in [2.45, 2.75) is 38.9 Å². The highest BCUT2D eigenvalue weighted by Gasteiger charge is 2.24. The molecule has 1 fully saturated rings. The molecule has 28 heavy (non-hydrogen) atoms. The Bertz CT molecular complexity index is 1090. The van der Waals surface area contributed by atoms with Gasteiger partial charge in [0.05, 0.1) is 25.0 Å². The lowest BCUT2D eigenvalue weighted by molar-refractivity contribution is 0.496. The summed E-state index contributed by atoms with van der Waals surface area (Å²) in [7, 11) is 0. The Balaban J connectivity index is 1.81. The summed E-state index contributed by atoms with van der Waals surface area (Å²) in [4.78, 5) is 28.1. The summed E-state index contributed by atoms with van der Waals surface area (Å²) in [5.41, 5.74) is 7.72. The average molecular weight is 378 g/mol. The van der Waals surface area contributed by atoms with Gasteiger partial charge in [0, 0.05) is 25.3 Å². The first-order chi connectivity index (χ1) is 13.7. The fourth-order valence-electron chi connectivity index (χ4n) is 3.49. The van der Waals surface area contributed by atoms with Gasteiger partial charge < -0.3 is 10.6 Å². The Morgan fingerprint density at radius 2 is 2.29 bits per heavy atom. The van der Waals surface area contributed by atoms with E-state index in [4.69, 9.17) is 10.7 Å². The summed E-state index contributed by atoms with van der Waals surface area (Å²) in [6, 6.07) is 1.87. The molecule has 0 radical (unpaired) electrons. The van der Waals surface area contributed by atoms with Crippen LogP contribution in [0.4, 0.5) is 5.95 Å². The van der Waals surface area contributed by atoms with Gasteiger partial charge in [0.15, 0.2) is 0 Å². The molecule has 3 aromatic rings. The van der Waals surface area contributed by atoms with Gasteiger partial charge >= 0.3 is 0 Å². The van der Waals surface area contributed by atoms with Crippen molar-refractivity contribution in [2.75, 3.05) is 18.0 Å². The maximum Gasteiger partial charge on any atom is 0.293 e. The zero-order valence-corrected chi connectivity index (χ0v) is 15.7. The molecule has 0 amide bonds. The first-order valence-corrected chi connectivity index (χ1v) is 9.28. The molecule has 0 aromatic carbocycles. The van der Waals surface area contributed by atoms with Crippen molar-refractivity contribution in [1.82, 2.24) is 29.3 Å². The van der Waals surface area contributed by atoms with Crippen molar-refractivity contribution in [2.24, 2.45) is 5.73 Å². The van der Waals surface area contributed by atoms with E-state index in [1.165, 1.54) is 11.0 Å². The lowest BCUT2D eigenvalue weighted by atomic mass is 10.1. The number of anilines is 1. The molecule has 2 N–H and O–H groups in total. The number of nitrogens with two attached hydrogens (primary N) is 1. The Morgan fingerprint density at radius 3 is 3.04 bits per heavy atom. The smallest absolute Gasteiger partial charge is 0.293 e. The second kappa shape index (κ2) is 7.78. The maximum atomic E-state index is 13.2. The molecule has 1 aliphatic rings. The summed E-state index contributed by atoms with van der Waals surface area (Å²) in [5, 5.41) is 4.29. The lowest BCUT2D eigenvalue weighted by Crippen LogP contribution is -2.44. The van der Waals surface area contributed by atoms with Gasteiger partial charge in [-0.15, -0.1) is 5.92 Å². The second-order valence-electron chi connectivity index (χ2n) is 6.81. The minimum atomic E-state index is -0.214. The van der Waals surface area contributed by atoms with Crippen LogP contribution in [0.3, 0.4) is 0 Å². The molecule has 1 saturated heterocycles. The van der Waals surface area contributed by atoms with E-state index in [1.807, 2.05) is 4.57 Å². The summed E-state index contributed by atoms with van der Waals surface area (Å²) < 4.78 is 3.28. The van der Waals surface area contributed by atoms with Crippen molar-refractivity contribution in [3.63, 3.8) is 0 Å². The molecule has 4 heterocycles. The van der Waals surface area contributed by atoms with Gasteiger partial charge in [0.25, 0.3) is 5.56 Å². The monoisotopic (exact) mass is 378 g/mol. The van der Waals surface area contributed by atoms with Gasteiger partial charge in [-0.1, -0.05) is 5.92 Å². The van der Waals surface area contributed by atoms with Crippen molar-refractivity contribution >= 4 is 17.0 Å². The molecular formula is C19H22N8O. The number of fused-ring (bicyclic) bond motifs is 1. The van der Waals surface area contributed by atoms with Crippen LogP contribution in [0.2, 0.25) is 0 Å². The van der Waals surface area contributed by atoms with Gasteiger partial charge in [-0.3, -0.25) is 9.36 Å². The number of hydrogen-bond donors (Lipinski definition) is 1. The molecule has 9 heteroatoms. The van der Waals surface area contributed by atoms with Crippen LogP contribution in [-0.4, -0.2) is 48.4 Å². The minimum absolute atomic E-state index is 0.104. The van der Waals surface area contributed by atoms with E-state index in [1.54, 1.807) is 25.4 Å². The average Bonchev–Trinajstić information content (AvgIpc) is 3.08. The van der Waals surface area contributed by atoms with Crippen LogP contribution >= 0.6 is 0 Å². The predicted octanol–water partition coefficient (Wildman–Crippen LogP) is 0.382. The highest BCUT2D eigenvalue weighted by molar-refractivity contribution is 5.77. The topological polar surface area (TPSA) is 108 Å². The molecule has 9 nitrogen and oxygen atoms in total. The summed E-state index contributed by atoms with van der Waals surface area (Å²) in [6.07, 6.45) is 6.72. The van der Waals surface area contributed by atoms with Crippen LogP contribution in [0.5, 0.6) is 0 Å². The Morgan fingerprint density at radius 1 is 1.39 bits per heavy atom. The van der Waals surface area contributed by atoms with E-state index < -0.39 is 0 Å². The Kier molecular flexibility index (Phi) is 5.04. The predicted molar refractivity (Wildman–Crippen MR) is 106 cm³/mol. The minimum Gasteiger partial charge on any atom is -0.341 e. The van der Waals surface area contributed by atoms with E-state index in [0.29, 0.717) is 29.8 Å². The SMILES string of the molecule is CC#CCn1c(N2CCCC(N)C2)nc2cnn(Cc3ccncn3)c(=O)c21. The fourth-order valence-corrected chi connectivity index (χ4v) is 3.49. The van der Waals surface area contributed by atoms with Gasteiger partial charge in [-0.2, -0.15) is 5.10 Å². The number of hydrogen-bond acceptors (Lipinski definition) is 7. The van der Waals surface area contributed by atoms with Gasteiger partial charge in [-0.05, 0) is 25.8 Å². The van der Waals surface area contributed by atoms with Crippen LogP contribution < -0.4 is 16.2 Å². The normalized spacial score (nSPS) is 16.8. The summed E-state index contributed by atoms with van der Waals surface area (Å²) >= 11 is 0. The van der Waals surface area contributed by atoms with Crippen molar-refractivity contribution in [1.29, 1.82) is 0 Å². The molecule has 1 atom stereocenters. The van der Waals surface area contributed by atoms with Gasteiger partial charge in [-0.25, -0.2) is 19.6 Å². The first-order valence-electron chi connectivity index (χ1n) is 9.28. The number of nitrogens with zero attached hydrogens (tertiary/aromatic N) is 7. The van der Waals surface area contributed by atoms with Crippen molar-refractivity contribution < 1.29 is 0 Å². The quantitative estimate of drug-likeness (QED) is 0.654. The number of aromatic nitrogens is 6. The van der Waals surface area contributed by atoms with Crippen molar-refractivity contribution in [3.05, 3.63) is 40.8 Å². The van der Waals surface area contributed by atoms with Crippen LogP contribution in [-0.2, 0) is 13.1 Å². The highest BCUT2D eigenvalue weighted by atomic mass is 16.1. The Hall–Kier alpha value is -3.25. The van der Waals surface area contributed by atoms with E-state index in [9.17, 15) is 4.79 Å². The Labute approximate surface area is 162 Å². The number of piperidine rings is 1. The van der Waals surface area contributed by atoms with E-state index in [0.717, 1.165) is 25.3 Å². The van der Waals surface area contributed by atoms with Crippen LogP contribution in [0.25, 0.3) is 11.0 Å². The fraction of sp³-hybridized carbons (Fsp3) is 0.421. The van der Waals surface area contributed by atoms with Gasteiger partial charge in [0.1, 0.15) is 17.4 Å². The molecule has 144 valence electrons. The van der Waals surface area contributed by atoms with E-state index >= 15 is 0 Å². The zero-order valence-electron chi connectivity index (χ0n) is 15.7. The van der Waals surface area contributed by atoms with Crippen LogP contribution in [0, 0.1) is 11.8 Å².